The molecule has 0 radical (unpaired) electrons. The minimum atomic E-state index is -0.640. The maximum Gasteiger partial charge on any atom is 0.325 e. The number of carbonyl (C=O) groups is 2. The summed E-state index contributed by atoms with van der Waals surface area (Å²) < 4.78 is 4.72. The highest BCUT2D eigenvalue weighted by molar-refractivity contribution is 6.33. The molecule has 0 heterocycles. The second kappa shape index (κ2) is 6.85. The number of esters is 1. The summed E-state index contributed by atoms with van der Waals surface area (Å²) >= 11 is 5.72. The van der Waals surface area contributed by atoms with E-state index in [1.54, 1.807) is 6.92 Å². The number of ether oxygens (including phenoxy) is 1. The van der Waals surface area contributed by atoms with E-state index < -0.39 is 16.8 Å². The zero-order valence-corrected chi connectivity index (χ0v) is 11.7. The molecule has 0 N–H and O–H groups in total. The van der Waals surface area contributed by atoms with Gasteiger partial charge in [0.1, 0.15) is 11.6 Å². The number of nitrogens with zero attached hydrogens (tertiary/aromatic N) is 2. The van der Waals surface area contributed by atoms with Gasteiger partial charge in [-0.3, -0.25) is 19.7 Å². The van der Waals surface area contributed by atoms with Crippen LogP contribution in [-0.4, -0.2) is 41.9 Å². The van der Waals surface area contributed by atoms with E-state index in [2.05, 4.69) is 0 Å². The minimum Gasteiger partial charge on any atom is -0.465 e. The van der Waals surface area contributed by atoms with Crippen molar-refractivity contribution in [3.63, 3.8) is 0 Å². The van der Waals surface area contributed by atoms with Gasteiger partial charge in [-0.1, -0.05) is 11.6 Å². The van der Waals surface area contributed by atoms with Crippen LogP contribution in [0.3, 0.4) is 0 Å². The molecule has 0 spiro atoms. The molecule has 1 aromatic rings. The highest BCUT2D eigenvalue weighted by Gasteiger charge is 2.19. The second-order valence-corrected chi connectivity index (χ2v) is 4.30. The van der Waals surface area contributed by atoms with Crippen molar-refractivity contribution in [2.75, 3.05) is 20.2 Å². The molecule has 0 aromatic heterocycles. The minimum absolute atomic E-state index is 0.134. The summed E-state index contributed by atoms with van der Waals surface area (Å²) in [6, 6.07) is 3.63. The SMILES string of the molecule is CCOC(=O)CN(C)C(=O)c1ccc([N+](=O)[O-])c(Cl)c1. The van der Waals surface area contributed by atoms with E-state index in [9.17, 15) is 19.7 Å². The van der Waals surface area contributed by atoms with Crippen LogP contribution in [0.5, 0.6) is 0 Å². The van der Waals surface area contributed by atoms with E-state index in [1.807, 2.05) is 0 Å². The van der Waals surface area contributed by atoms with Gasteiger partial charge in [-0.2, -0.15) is 0 Å². The van der Waals surface area contributed by atoms with E-state index in [0.29, 0.717) is 0 Å². The summed E-state index contributed by atoms with van der Waals surface area (Å²) in [7, 11) is 1.43. The number of nitro benzene ring substituents is 1. The molecule has 0 aliphatic carbocycles. The van der Waals surface area contributed by atoms with Crippen molar-refractivity contribution in [3.05, 3.63) is 38.9 Å². The summed E-state index contributed by atoms with van der Waals surface area (Å²) in [6.07, 6.45) is 0. The number of halogens is 1. The molecule has 0 saturated heterocycles. The van der Waals surface area contributed by atoms with Gasteiger partial charge in [0.25, 0.3) is 11.6 Å². The maximum absolute atomic E-state index is 12.0. The highest BCUT2D eigenvalue weighted by Crippen LogP contribution is 2.25. The third-order valence-corrected chi connectivity index (χ3v) is 2.71. The van der Waals surface area contributed by atoms with Crippen molar-refractivity contribution < 1.29 is 19.2 Å². The van der Waals surface area contributed by atoms with Gasteiger partial charge in [0, 0.05) is 18.7 Å². The van der Waals surface area contributed by atoms with Crippen molar-refractivity contribution in [2.24, 2.45) is 0 Å². The van der Waals surface area contributed by atoms with Crippen LogP contribution >= 0.6 is 11.6 Å². The van der Waals surface area contributed by atoms with Gasteiger partial charge in [-0.05, 0) is 19.1 Å². The predicted octanol–water partition coefficient (Wildman–Crippen LogP) is 1.88. The topological polar surface area (TPSA) is 89.8 Å². The van der Waals surface area contributed by atoms with Crippen LogP contribution in [0.25, 0.3) is 0 Å². The molecule has 0 bridgehead atoms. The first-order valence-electron chi connectivity index (χ1n) is 5.71. The van der Waals surface area contributed by atoms with Gasteiger partial charge in [0.2, 0.25) is 0 Å². The fraction of sp³-hybridized carbons (Fsp3) is 0.333. The van der Waals surface area contributed by atoms with Crippen molar-refractivity contribution in [1.29, 1.82) is 0 Å². The van der Waals surface area contributed by atoms with Crippen LogP contribution in [0.1, 0.15) is 17.3 Å². The van der Waals surface area contributed by atoms with E-state index in [4.69, 9.17) is 16.3 Å². The fourth-order valence-corrected chi connectivity index (χ4v) is 1.73. The summed E-state index contributed by atoms with van der Waals surface area (Å²) in [5.41, 5.74) is -0.122. The number of rotatable bonds is 5. The molecule has 0 atom stereocenters. The zero-order valence-electron chi connectivity index (χ0n) is 11.0. The lowest BCUT2D eigenvalue weighted by Gasteiger charge is -2.16. The van der Waals surface area contributed by atoms with E-state index in [0.717, 1.165) is 11.0 Å². The Hall–Kier alpha value is -2.15. The van der Waals surface area contributed by atoms with Crippen LogP contribution in [0.2, 0.25) is 5.02 Å². The summed E-state index contributed by atoms with van der Waals surface area (Å²) in [5, 5.41) is 10.5. The first-order chi connectivity index (χ1) is 9.36. The molecule has 0 unspecified atom stereocenters. The lowest BCUT2D eigenvalue weighted by Crippen LogP contribution is -2.33. The van der Waals surface area contributed by atoms with Gasteiger partial charge < -0.3 is 9.64 Å². The Balaban J connectivity index is 2.84. The summed E-state index contributed by atoms with van der Waals surface area (Å²) in [4.78, 5) is 34.4. The Morgan fingerprint density at radius 3 is 2.60 bits per heavy atom. The Kier molecular flexibility index (Phi) is 5.45. The number of nitro groups is 1. The van der Waals surface area contributed by atoms with Gasteiger partial charge in [-0.15, -0.1) is 0 Å². The van der Waals surface area contributed by atoms with Crippen molar-refractivity contribution in [1.82, 2.24) is 4.90 Å². The third-order valence-electron chi connectivity index (χ3n) is 2.41. The van der Waals surface area contributed by atoms with Crippen molar-refractivity contribution in [3.8, 4) is 0 Å². The number of likely N-dealkylation sites (N-methyl/N-ethyl adjacent to an activating group) is 1. The van der Waals surface area contributed by atoms with Gasteiger partial charge in [0.15, 0.2) is 0 Å². The Morgan fingerprint density at radius 2 is 2.10 bits per heavy atom. The average molecular weight is 301 g/mol. The molecule has 108 valence electrons. The largest absolute Gasteiger partial charge is 0.465 e. The molecule has 8 heteroatoms. The first-order valence-corrected chi connectivity index (χ1v) is 6.09. The van der Waals surface area contributed by atoms with Crippen molar-refractivity contribution >= 4 is 29.2 Å². The molecule has 1 rings (SSSR count). The molecule has 0 saturated carbocycles. The van der Waals surface area contributed by atoms with Crippen LogP contribution in [0, 0.1) is 10.1 Å². The second-order valence-electron chi connectivity index (χ2n) is 3.89. The number of hydrogen-bond donors (Lipinski definition) is 0. The molecule has 20 heavy (non-hydrogen) atoms. The molecule has 7 nitrogen and oxygen atoms in total. The van der Waals surface area contributed by atoms with Crippen molar-refractivity contribution in [2.45, 2.75) is 6.92 Å². The van der Waals surface area contributed by atoms with Gasteiger partial charge in [-0.25, -0.2) is 0 Å². The molecular formula is C12H13ClN2O5. The molecule has 1 aromatic carbocycles. The summed E-state index contributed by atoms with van der Waals surface area (Å²) in [6.45, 7) is 1.68. The molecule has 0 aliphatic heterocycles. The number of carbonyl (C=O) groups excluding carboxylic acids is 2. The smallest absolute Gasteiger partial charge is 0.325 e. The standard InChI is InChI=1S/C12H13ClN2O5/c1-3-20-11(16)7-14(2)12(17)8-4-5-10(15(18)19)9(13)6-8/h4-6H,3,7H2,1-2H3. The molecule has 0 fully saturated rings. The maximum atomic E-state index is 12.0. The zero-order chi connectivity index (χ0) is 15.3. The van der Waals surface area contributed by atoms with E-state index in [1.165, 1.54) is 19.2 Å². The normalized spacial score (nSPS) is 9.95. The third kappa shape index (κ3) is 3.92. The lowest BCUT2D eigenvalue weighted by molar-refractivity contribution is -0.384. The lowest BCUT2D eigenvalue weighted by atomic mass is 10.2. The van der Waals surface area contributed by atoms with Gasteiger partial charge >= 0.3 is 5.97 Å². The predicted molar refractivity (Wildman–Crippen MR) is 71.7 cm³/mol. The summed E-state index contributed by atoms with van der Waals surface area (Å²) in [5.74, 6) is -1.01. The quantitative estimate of drug-likeness (QED) is 0.470. The van der Waals surface area contributed by atoms with Crippen LogP contribution in [0.4, 0.5) is 5.69 Å². The van der Waals surface area contributed by atoms with Gasteiger partial charge in [0.05, 0.1) is 11.5 Å². The average Bonchev–Trinajstić information content (AvgIpc) is 2.37. The molecule has 0 aliphatic rings. The molecule has 1 amide bonds. The Labute approximate surface area is 120 Å². The Bertz CT molecular complexity index is 547. The Morgan fingerprint density at radius 1 is 1.45 bits per heavy atom. The number of amides is 1. The van der Waals surface area contributed by atoms with Crippen LogP contribution < -0.4 is 0 Å². The first kappa shape index (κ1) is 15.9. The van der Waals surface area contributed by atoms with Crippen LogP contribution in [-0.2, 0) is 9.53 Å². The highest BCUT2D eigenvalue weighted by atomic mass is 35.5. The number of benzene rings is 1. The van der Waals surface area contributed by atoms with E-state index in [-0.39, 0.29) is 29.4 Å². The molecular weight excluding hydrogens is 288 g/mol. The fourth-order valence-electron chi connectivity index (χ4n) is 1.48. The van der Waals surface area contributed by atoms with E-state index >= 15 is 0 Å². The monoisotopic (exact) mass is 300 g/mol. The van der Waals surface area contributed by atoms with Crippen LogP contribution in [0.15, 0.2) is 18.2 Å². The number of hydrogen-bond acceptors (Lipinski definition) is 5.